The summed E-state index contributed by atoms with van der Waals surface area (Å²) in [7, 11) is -3.14. The fourth-order valence-corrected chi connectivity index (χ4v) is 3.48. The maximum absolute atomic E-state index is 11.1. The summed E-state index contributed by atoms with van der Waals surface area (Å²) in [6.45, 7) is 1.00. The molecule has 0 spiro atoms. The second kappa shape index (κ2) is 7.81. The minimum absolute atomic E-state index is 0.399. The maximum Gasteiger partial charge on any atom is 0.208 e. The summed E-state index contributed by atoms with van der Waals surface area (Å²) in [5.74, 6) is 0.865. The number of aromatic nitrogens is 1. The van der Waals surface area contributed by atoms with E-state index in [9.17, 15) is 8.42 Å². The third kappa shape index (κ3) is 5.42. The van der Waals surface area contributed by atoms with Crippen molar-refractivity contribution in [3.63, 3.8) is 0 Å². The van der Waals surface area contributed by atoms with Crippen molar-refractivity contribution in [1.29, 1.82) is 0 Å². The van der Waals surface area contributed by atoms with E-state index in [4.69, 9.17) is 4.42 Å². The van der Waals surface area contributed by atoms with E-state index in [1.165, 1.54) is 0 Å². The van der Waals surface area contributed by atoms with Crippen molar-refractivity contribution in [2.75, 3.05) is 18.1 Å². The largest absolute Gasteiger partial charge is 0.467 e. The number of hydrogen-bond donors (Lipinski definition) is 2. The van der Waals surface area contributed by atoms with Gasteiger partial charge in [-0.15, -0.1) is 11.3 Å². The van der Waals surface area contributed by atoms with Crippen molar-refractivity contribution >= 4 is 26.5 Å². The predicted octanol–water partition coefficient (Wildman–Crippen LogP) is 3.11. The molecule has 6 nitrogen and oxygen atoms in total. The average Bonchev–Trinajstić information content (AvgIpc) is 3.24. The van der Waals surface area contributed by atoms with E-state index < -0.39 is 10.0 Å². The highest BCUT2D eigenvalue weighted by Crippen LogP contribution is 2.25. The second-order valence-electron chi connectivity index (χ2n) is 5.58. The number of nitrogens with one attached hydrogen (secondary N) is 2. The number of hydrogen-bond acceptors (Lipinski definition) is 6. The summed E-state index contributed by atoms with van der Waals surface area (Å²) in [5.41, 5.74) is 3.01. The number of anilines is 1. The lowest BCUT2D eigenvalue weighted by Gasteiger charge is -2.04. The van der Waals surface area contributed by atoms with Crippen LogP contribution in [0.15, 0.2) is 52.5 Å². The minimum atomic E-state index is -3.14. The molecular formula is C17H19N3O3S2. The summed E-state index contributed by atoms with van der Waals surface area (Å²) in [6, 6.07) is 11.8. The van der Waals surface area contributed by atoms with Crippen LogP contribution in [0.4, 0.5) is 5.13 Å². The van der Waals surface area contributed by atoms with E-state index in [2.05, 4.69) is 15.0 Å². The number of furan rings is 1. The third-order valence-electron chi connectivity index (χ3n) is 3.53. The van der Waals surface area contributed by atoms with Crippen LogP contribution < -0.4 is 10.0 Å². The number of thiazole rings is 1. The van der Waals surface area contributed by atoms with Gasteiger partial charge in [0, 0.05) is 17.5 Å². The van der Waals surface area contributed by atoms with Gasteiger partial charge in [-0.2, -0.15) is 0 Å². The quantitative estimate of drug-likeness (QED) is 0.630. The molecule has 3 rings (SSSR count). The lowest BCUT2D eigenvalue weighted by Crippen LogP contribution is -2.24. The Balaban J connectivity index is 1.57. The van der Waals surface area contributed by atoms with Crippen LogP contribution in [-0.2, 0) is 23.0 Å². The Morgan fingerprint density at radius 1 is 1.20 bits per heavy atom. The van der Waals surface area contributed by atoms with E-state index in [-0.39, 0.29) is 0 Å². The van der Waals surface area contributed by atoms with E-state index in [0.717, 1.165) is 34.0 Å². The molecular weight excluding hydrogens is 358 g/mol. The summed E-state index contributed by atoms with van der Waals surface area (Å²) in [6.07, 6.45) is 3.47. The van der Waals surface area contributed by atoms with Gasteiger partial charge in [0.1, 0.15) is 5.76 Å². The molecule has 0 aliphatic rings. The fraction of sp³-hybridized carbons (Fsp3) is 0.235. The molecule has 0 saturated carbocycles. The summed E-state index contributed by atoms with van der Waals surface area (Å²) in [4.78, 5) is 4.58. The first-order valence-electron chi connectivity index (χ1n) is 7.75. The van der Waals surface area contributed by atoms with Gasteiger partial charge < -0.3 is 9.73 Å². The average molecular weight is 377 g/mol. The predicted molar refractivity (Wildman–Crippen MR) is 100 cm³/mol. The van der Waals surface area contributed by atoms with Gasteiger partial charge in [0.15, 0.2) is 5.13 Å². The zero-order valence-electron chi connectivity index (χ0n) is 13.7. The lowest BCUT2D eigenvalue weighted by atomic mass is 10.1. The molecule has 0 bridgehead atoms. The van der Waals surface area contributed by atoms with Crippen molar-refractivity contribution in [3.8, 4) is 11.3 Å². The van der Waals surface area contributed by atoms with Crippen molar-refractivity contribution < 1.29 is 12.8 Å². The van der Waals surface area contributed by atoms with E-state index in [1.54, 1.807) is 17.6 Å². The molecule has 25 heavy (non-hydrogen) atoms. The van der Waals surface area contributed by atoms with Gasteiger partial charge in [-0.05, 0) is 24.1 Å². The first kappa shape index (κ1) is 17.7. The summed E-state index contributed by atoms with van der Waals surface area (Å²) >= 11 is 1.55. The smallest absolute Gasteiger partial charge is 0.208 e. The van der Waals surface area contributed by atoms with Crippen LogP contribution in [0.1, 0.15) is 11.3 Å². The number of rotatable bonds is 8. The molecule has 1 aromatic carbocycles. The normalized spacial score (nSPS) is 11.6. The van der Waals surface area contributed by atoms with E-state index >= 15 is 0 Å². The molecule has 0 unspecified atom stereocenters. The van der Waals surface area contributed by atoms with Crippen LogP contribution in [0, 0.1) is 0 Å². The summed E-state index contributed by atoms with van der Waals surface area (Å²) < 4.78 is 29.9. The highest BCUT2D eigenvalue weighted by molar-refractivity contribution is 7.88. The van der Waals surface area contributed by atoms with Crippen LogP contribution in [0.5, 0.6) is 0 Å². The molecule has 0 fully saturated rings. The van der Waals surface area contributed by atoms with Gasteiger partial charge in [0.05, 0.1) is 24.8 Å². The van der Waals surface area contributed by atoms with E-state index in [0.29, 0.717) is 19.5 Å². The molecule has 2 heterocycles. The van der Waals surface area contributed by atoms with Gasteiger partial charge >= 0.3 is 0 Å². The molecule has 8 heteroatoms. The van der Waals surface area contributed by atoms with Crippen molar-refractivity contribution in [2.45, 2.75) is 13.0 Å². The molecule has 0 aliphatic heterocycles. The topological polar surface area (TPSA) is 84.2 Å². The number of nitrogens with zero attached hydrogens (tertiary/aromatic N) is 1. The van der Waals surface area contributed by atoms with Gasteiger partial charge in [-0.1, -0.05) is 24.3 Å². The molecule has 0 radical (unpaired) electrons. The number of benzene rings is 1. The standard InChI is InChI=1S/C17H19N3O3S2/c1-25(21,22)19-9-8-13-4-6-14(7-5-13)16-12-24-17(20-16)18-11-15-3-2-10-23-15/h2-7,10,12,19H,8-9,11H2,1H3,(H,18,20). The van der Waals surface area contributed by atoms with Gasteiger partial charge in [0.2, 0.25) is 10.0 Å². The molecule has 0 atom stereocenters. The molecule has 3 aromatic rings. The minimum Gasteiger partial charge on any atom is -0.467 e. The Bertz CT molecular complexity index is 901. The zero-order valence-corrected chi connectivity index (χ0v) is 15.4. The van der Waals surface area contributed by atoms with Crippen LogP contribution in [0.3, 0.4) is 0 Å². The zero-order chi connectivity index (χ0) is 17.7. The Morgan fingerprint density at radius 3 is 2.68 bits per heavy atom. The van der Waals surface area contributed by atoms with Crippen LogP contribution in [-0.4, -0.2) is 26.2 Å². The molecule has 2 aromatic heterocycles. The van der Waals surface area contributed by atoms with Gasteiger partial charge in [-0.3, -0.25) is 0 Å². The van der Waals surface area contributed by atoms with E-state index in [1.807, 2.05) is 41.8 Å². The van der Waals surface area contributed by atoms with Crippen molar-refractivity contribution in [1.82, 2.24) is 9.71 Å². The molecule has 0 saturated heterocycles. The monoisotopic (exact) mass is 377 g/mol. The van der Waals surface area contributed by atoms with Crippen LogP contribution in [0.2, 0.25) is 0 Å². The van der Waals surface area contributed by atoms with Gasteiger partial charge in [0.25, 0.3) is 0 Å². The Hall–Kier alpha value is -2.16. The van der Waals surface area contributed by atoms with Crippen LogP contribution in [0.25, 0.3) is 11.3 Å². The third-order valence-corrected chi connectivity index (χ3v) is 5.05. The van der Waals surface area contributed by atoms with Crippen molar-refractivity contribution in [2.24, 2.45) is 0 Å². The SMILES string of the molecule is CS(=O)(=O)NCCc1ccc(-c2csc(NCc3ccco3)n2)cc1. The number of sulfonamides is 1. The summed E-state index contributed by atoms with van der Waals surface area (Å²) in [5, 5.41) is 6.08. The first-order chi connectivity index (χ1) is 12.0. The second-order valence-corrected chi connectivity index (χ2v) is 8.28. The molecule has 132 valence electrons. The van der Waals surface area contributed by atoms with Crippen molar-refractivity contribution in [3.05, 3.63) is 59.4 Å². The molecule has 0 aliphatic carbocycles. The fourth-order valence-electron chi connectivity index (χ4n) is 2.29. The Morgan fingerprint density at radius 2 is 2.00 bits per heavy atom. The molecule has 2 N–H and O–H groups in total. The maximum atomic E-state index is 11.1. The Labute approximate surface area is 151 Å². The molecule has 0 amide bonds. The first-order valence-corrected chi connectivity index (χ1v) is 10.5. The highest BCUT2D eigenvalue weighted by atomic mass is 32.2. The Kier molecular flexibility index (Phi) is 5.52. The highest BCUT2D eigenvalue weighted by Gasteiger charge is 2.06. The lowest BCUT2D eigenvalue weighted by molar-refractivity contribution is 0.518. The van der Waals surface area contributed by atoms with Gasteiger partial charge in [-0.25, -0.2) is 18.1 Å². The van der Waals surface area contributed by atoms with Crippen LogP contribution >= 0.6 is 11.3 Å².